The molecule has 7 heteroatoms. The van der Waals surface area contributed by atoms with E-state index in [4.69, 9.17) is 5.10 Å². The molecule has 1 aliphatic heterocycles. The Morgan fingerprint density at radius 1 is 1.24 bits per heavy atom. The minimum Gasteiger partial charge on any atom is -0.334 e. The van der Waals surface area contributed by atoms with Gasteiger partial charge in [0.1, 0.15) is 5.82 Å². The van der Waals surface area contributed by atoms with Crippen molar-refractivity contribution in [3.8, 4) is 0 Å². The van der Waals surface area contributed by atoms with Gasteiger partial charge < -0.3 is 9.88 Å². The van der Waals surface area contributed by atoms with Crippen LogP contribution in [0.5, 0.6) is 0 Å². The molecule has 1 amide bonds. The number of aromatic nitrogens is 5. The van der Waals surface area contributed by atoms with E-state index in [1.807, 2.05) is 24.7 Å². The van der Waals surface area contributed by atoms with Crippen molar-refractivity contribution < 1.29 is 4.79 Å². The third kappa shape index (κ3) is 3.18. The van der Waals surface area contributed by atoms with Gasteiger partial charge in [-0.3, -0.25) is 9.48 Å². The minimum atomic E-state index is -0.649. The van der Waals surface area contributed by atoms with E-state index in [1.165, 1.54) is 5.56 Å². The van der Waals surface area contributed by atoms with Gasteiger partial charge in [-0.05, 0) is 43.0 Å². The minimum absolute atomic E-state index is 0.194. The number of fused-ring (bicyclic) bond motifs is 2. The Hall–Kier alpha value is -3.48. The third-order valence-electron chi connectivity index (χ3n) is 5.48. The lowest BCUT2D eigenvalue weighted by Crippen LogP contribution is -2.29. The standard InChI is InChI=1S/C22H22N6O/c1-2-15-8-9-16-13-28(26-17(16)12-15)21(20-18-6-5-11-27(18)14-24-20)22(29)25-19-7-3-4-10-23-19/h3-4,7-10,12-14,21H,2,5-6,11H2,1H3,(H,23,25,29). The van der Waals surface area contributed by atoms with Crippen molar-refractivity contribution in [2.24, 2.45) is 0 Å². The van der Waals surface area contributed by atoms with Crippen LogP contribution in [-0.4, -0.2) is 30.2 Å². The highest BCUT2D eigenvalue weighted by atomic mass is 16.2. The van der Waals surface area contributed by atoms with Crippen molar-refractivity contribution in [2.75, 3.05) is 5.32 Å². The van der Waals surface area contributed by atoms with Gasteiger partial charge in [0, 0.05) is 30.0 Å². The number of anilines is 1. The highest BCUT2D eigenvalue weighted by Crippen LogP contribution is 2.28. The summed E-state index contributed by atoms with van der Waals surface area (Å²) in [5.74, 6) is 0.323. The molecule has 1 aromatic carbocycles. The Kier molecular flexibility index (Phi) is 4.35. The normalized spacial score (nSPS) is 14.1. The predicted molar refractivity (Wildman–Crippen MR) is 111 cm³/mol. The van der Waals surface area contributed by atoms with Gasteiger partial charge in [0.2, 0.25) is 0 Å². The Morgan fingerprint density at radius 2 is 2.17 bits per heavy atom. The maximum atomic E-state index is 13.4. The molecule has 1 N–H and O–H groups in total. The van der Waals surface area contributed by atoms with E-state index in [-0.39, 0.29) is 5.91 Å². The van der Waals surface area contributed by atoms with Gasteiger partial charge >= 0.3 is 0 Å². The Labute approximate surface area is 168 Å². The van der Waals surface area contributed by atoms with Crippen LogP contribution in [0.25, 0.3) is 10.9 Å². The summed E-state index contributed by atoms with van der Waals surface area (Å²) in [6.45, 7) is 3.06. The van der Waals surface area contributed by atoms with Crippen LogP contribution in [0.3, 0.4) is 0 Å². The van der Waals surface area contributed by atoms with Crippen molar-refractivity contribution in [2.45, 2.75) is 38.8 Å². The van der Waals surface area contributed by atoms with Gasteiger partial charge in [-0.25, -0.2) is 9.97 Å². The molecule has 1 unspecified atom stereocenters. The molecule has 0 saturated carbocycles. The van der Waals surface area contributed by atoms with Gasteiger partial charge in [-0.2, -0.15) is 5.10 Å². The molecule has 0 fully saturated rings. The first kappa shape index (κ1) is 17.6. The summed E-state index contributed by atoms with van der Waals surface area (Å²) >= 11 is 0. The van der Waals surface area contributed by atoms with E-state index in [2.05, 4.69) is 45.0 Å². The molecule has 0 saturated heterocycles. The van der Waals surface area contributed by atoms with E-state index >= 15 is 0 Å². The molecular weight excluding hydrogens is 364 g/mol. The Bertz CT molecular complexity index is 1180. The topological polar surface area (TPSA) is 77.6 Å². The smallest absolute Gasteiger partial charge is 0.256 e. The van der Waals surface area contributed by atoms with Crippen molar-refractivity contribution >= 4 is 22.6 Å². The summed E-state index contributed by atoms with van der Waals surface area (Å²) in [6, 6.07) is 11.0. The molecule has 4 heterocycles. The maximum absolute atomic E-state index is 13.4. The molecule has 7 nitrogen and oxygen atoms in total. The summed E-state index contributed by atoms with van der Waals surface area (Å²) in [5.41, 5.74) is 3.98. The van der Waals surface area contributed by atoms with Gasteiger partial charge in [-0.15, -0.1) is 0 Å². The highest BCUT2D eigenvalue weighted by molar-refractivity contribution is 5.95. The zero-order valence-corrected chi connectivity index (χ0v) is 16.2. The summed E-state index contributed by atoms with van der Waals surface area (Å²) in [7, 11) is 0. The first-order chi connectivity index (χ1) is 14.2. The summed E-state index contributed by atoms with van der Waals surface area (Å²) in [5, 5.41) is 8.69. The van der Waals surface area contributed by atoms with Crippen LogP contribution < -0.4 is 5.32 Å². The van der Waals surface area contributed by atoms with Crippen LogP contribution in [0.15, 0.2) is 55.1 Å². The lowest BCUT2D eigenvalue weighted by Gasteiger charge is -2.16. The van der Waals surface area contributed by atoms with E-state index < -0.39 is 6.04 Å². The SMILES string of the molecule is CCc1ccc2cn(C(C(=O)Nc3ccccn3)c3ncn4c3CCC4)nc2c1. The van der Waals surface area contributed by atoms with E-state index in [9.17, 15) is 4.79 Å². The fraction of sp³-hybridized carbons (Fsp3) is 0.273. The number of nitrogens with one attached hydrogen (secondary N) is 1. The number of pyridine rings is 1. The van der Waals surface area contributed by atoms with Crippen molar-refractivity contribution in [3.05, 3.63) is 72.1 Å². The number of nitrogens with zero attached hydrogens (tertiary/aromatic N) is 5. The molecule has 29 heavy (non-hydrogen) atoms. The lowest BCUT2D eigenvalue weighted by atomic mass is 10.1. The van der Waals surface area contributed by atoms with Gasteiger partial charge in [0.15, 0.2) is 6.04 Å². The lowest BCUT2D eigenvalue weighted by molar-refractivity contribution is -0.118. The Morgan fingerprint density at radius 3 is 3.00 bits per heavy atom. The quantitative estimate of drug-likeness (QED) is 0.570. The molecule has 3 aromatic heterocycles. The van der Waals surface area contributed by atoms with Crippen LogP contribution >= 0.6 is 0 Å². The average Bonchev–Trinajstić information content (AvgIpc) is 3.45. The number of aryl methyl sites for hydroxylation is 2. The fourth-order valence-corrected chi connectivity index (χ4v) is 3.97. The number of hydrogen-bond donors (Lipinski definition) is 1. The van der Waals surface area contributed by atoms with Crippen LogP contribution in [0.2, 0.25) is 0 Å². The van der Waals surface area contributed by atoms with Crippen LogP contribution in [-0.2, 0) is 24.2 Å². The molecular formula is C22H22N6O. The van der Waals surface area contributed by atoms with Gasteiger partial charge in [-0.1, -0.05) is 25.1 Å². The number of carbonyl (C=O) groups is 1. The van der Waals surface area contributed by atoms with E-state index in [0.717, 1.165) is 48.1 Å². The summed E-state index contributed by atoms with van der Waals surface area (Å²) in [4.78, 5) is 22.2. The number of benzene rings is 1. The molecule has 0 aliphatic carbocycles. The summed E-state index contributed by atoms with van der Waals surface area (Å²) in [6.07, 6.45) is 8.35. The maximum Gasteiger partial charge on any atom is 0.256 e. The first-order valence-corrected chi connectivity index (χ1v) is 9.96. The molecule has 5 rings (SSSR count). The fourth-order valence-electron chi connectivity index (χ4n) is 3.97. The molecule has 1 atom stereocenters. The molecule has 146 valence electrons. The van der Waals surface area contributed by atoms with Crippen LogP contribution in [0.4, 0.5) is 5.82 Å². The predicted octanol–water partition coefficient (Wildman–Crippen LogP) is 3.36. The number of amides is 1. The second-order valence-corrected chi connectivity index (χ2v) is 7.34. The highest BCUT2D eigenvalue weighted by Gasteiger charge is 2.31. The van der Waals surface area contributed by atoms with Crippen molar-refractivity contribution in [3.63, 3.8) is 0 Å². The monoisotopic (exact) mass is 386 g/mol. The van der Waals surface area contributed by atoms with Crippen LogP contribution in [0.1, 0.15) is 36.3 Å². The van der Waals surface area contributed by atoms with Crippen LogP contribution in [0, 0.1) is 0 Å². The number of hydrogen-bond acceptors (Lipinski definition) is 4. The second-order valence-electron chi connectivity index (χ2n) is 7.34. The number of rotatable bonds is 5. The Balaban J connectivity index is 1.59. The van der Waals surface area contributed by atoms with E-state index in [0.29, 0.717) is 5.82 Å². The number of carbonyl (C=O) groups excluding carboxylic acids is 1. The zero-order valence-electron chi connectivity index (χ0n) is 16.2. The third-order valence-corrected chi connectivity index (χ3v) is 5.48. The van der Waals surface area contributed by atoms with Crippen molar-refractivity contribution in [1.29, 1.82) is 0 Å². The zero-order chi connectivity index (χ0) is 19.8. The molecule has 1 aliphatic rings. The average molecular weight is 386 g/mol. The van der Waals surface area contributed by atoms with E-state index in [1.54, 1.807) is 16.9 Å². The first-order valence-electron chi connectivity index (χ1n) is 9.96. The molecule has 0 radical (unpaired) electrons. The molecule has 0 spiro atoms. The second kappa shape index (κ2) is 7.16. The van der Waals surface area contributed by atoms with Gasteiger partial charge in [0.25, 0.3) is 5.91 Å². The van der Waals surface area contributed by atoms with Gasteiger partial charge in [0.05, 0.1) is 17.5 Å². The molecule has 0 bridgehead atoms. The largest absolute Gasteiger partial charge is 0.334 e. The van der Waals surface area contributed by atoms with Crippen molar-refractivity contribution in [1.82, 2.24) is 24.3 Å². The summed E-state index contributed by atoms with van der Waals surface area (Å²) < 4.78 is 3.87. The number of imidazole rings is 1. The molecule has 4 aromatic rings.